The Labute approximate surface area is 101 Å². The average molecular weight is 234 g/mol. The molecule has 0 aliphatic carbocycles. The highest BCUT2D eigenvalue weighted by molar-refractivity contribution is 5.97. The highest BCUT2D eigenvalue weighted by Crippen LogP contribution is 2.23. The molecule has 2 N–H and O–H groups in total. The van der Waals surface area contributed by atoms with Gasteiger partial charge in [-0.05, 0) is 31.0 Å². The summed E-state index contributed by atoms with van der Waals surface area (Å²) in [6, 6.07) is 7.33. The lowest BCUT2D eigenvalue weighted by atomic mass is 10.1. The van der Waals surface area contributed by atoms with Crippen LogP contribution in [0.3, 0.4) is 0 Å². The van der Waals surface area contributed by atoms with Crippen molar-refractivity contribution in [2.75, 3.05) is 26.7 Å². The summed E-state index contributed by atoms with van der Waals surface area (Å²) in [6.45, 7) is 2.20. The minimum Gasteiger partial charge on any atom is -0.496 e. The van der Waals surface area contributed by atoms with Crippen LogP contribution >= 0.6 is 0 Å². The molecule has 0 bridgehead atoms. The maximum atomic E-state index is 12.3. The molecule has 1 aromatic carbocycles. The Kier molecular flexibility index (Phi) is 3.64. The van der Waals surface area contributed by atoms with Gasteiger partial charge in [0.2, 0.25) is 0 Å². The molecule has 0 aromatic heterocycles. The molecule has 1 aliphatic rings. The number of carbonyl (C=O) groups excluding carboxylic acids is 1. The Balaban J connectivity index is 2.15. The van der Waals surface area contributed by atoms with Crippen LogP contribution in [-0.2, 0) is 0 Å². The molecule has 17 heavy (non-hydrogen) atoms. The number of hydrogen-bond donors (Lipinski definition) is 1. The number of ether oxygens (including phenoxy) is 1. The second-order valence-corrected chi connectivity index (χ2v) is 4.34. The average Bonchev–Trinajstić information content (AvgIpc) is 2.86. The van der Waals surface area contributed by atoms with E-state index in [9.17, 15) is 4.79 Å². The number of carbonyl (C=O) groups is 1. The fourth-order valence-electron chi connectivity index (χ4n) is 2.20. The van der Waals surface area contributed by atoms with E-state index in [0.717, 1.165) is 19.5 Å². The highest BCUT2D eigenvalue weighted by atomic mass is 16.5. The number of para-hydroxylation sites is 1. The van der Waals surface area contributed by atoms with E-state index in [1.54, 1.807) is 13.2 Å². The van der Waals surface area contributed by atoms with E-state index in [-0.39, 0.29) is 5.91 Å². The maximum absolute atomic E-state index is 12.3. The van der Waals surface area contributed by atoms with Crippen molar-refractivity contribution in [2.24, 2.45) is 11.7 Å². The van der Waals surface area contributed by atoms with Gasteiger partial charge in [-0.1, -0.05) is 12.1 Å². The van der Waals surface area contributed by atoms with E-state index in [1.807, 2.05) is 23.1 Å². The summed E-state index contributed by atoms with van der Waals surface area (Å²) in [5.41, 5.74) is 6.26. The van der Waals surface area contributed by atoms with Gasteiger partial charge in [-0.15, -0.1) is 0 Å². The summed E-state index contributed by atoms with van der Waals surface area (Å²) in [7, 11) is 1.58. The quantitative estimate of drug-likeness (QED) is 0.852. The van der Waals surface area contributed by atoms with Crippen LogP contribution in [0.5, 0.6) is 5.75 Å². The lowest BCUT2D eigenvalue weighted by Gasteiger charge is -2.17. The van der Waals surface area contributed by atoms with Gasteiger partial charge in [0.15, 0.2) is 0 Å². The van der Waals surface area contributed by atoms with Crippen LogP contribution in [0.1, 0.15) is 16.8 Å². The first-order valence-electron chi connectivity index (χ1n) is 5.88. The largest absolute Gasteiger partial charge is 0.496 e. The number of hydrogen-bond acceptors (Lipinski definition) is 3. The summed E-state index contributed by atoms with van der Waals surface area (Å²) in [6.07, 6.45) is 0.997. The molecule has 4 nitrogen and oxygen atoms in total. The Bertz CT molecular complexity index is 406. The second kappa shape index (κ2) is 5.19. The third kappa shape index (κ3) is 2.42. The molecular formula is C13H18N2O2. The van der Waals surface area contributed by atoms with Crippen LogP contribution in [0.2, 0.25) is 0 Å². The summed E-state index contributed by atoms with van der Waals surface area (Å²) in [4.78, 5) is 14.1. The number of nitrogens with zero attached hydrogens (tertiary/aromatic N) is 1. The number of rotatable bonds is 3. The smallest absolute Gasteiger partial charge is 0.257 e. The number of likely N-dealkylation sites (tertiary alicyclic amines) is 1. The minimum absolute atomic E-state index is 0.0402. The molecule has 1 aromatic rings. The van der Waals surface area contributed by atoms with Crippen molar-refractivity contribution in [3.8, 4) is 5.75 Å². The van der Waals surface area contributed by atoms with Crippen LogP contribution in [0, 0.1) is 5.92 Å². The van der Waals surface area contributed by atoms with Crippen molar-refractivity contribution in [3.63, 3.8) is 0 Å². The summed E-state index contributed by atoms with van der Waals surface area (Å²) in [5, 5.41) is 0. The number of methoxy groups -OCH3 is 1. The molecule has 1 fully saturated rings. The molecule has 0 saturated carbocycles. The Hall–Kier alpha value is -1.55. The molecule has 1 saturated heterocycles. The molecule has 92 valence electrons. The summed E-state index contributed by atoms with van der Waals surface area (Å²) in [5.74, 6) is 1.11. The van der Waals surface area contributed by atoms with Gasteiger partial charge in [-0.2, -0.15) is 0 Å². The van der Waals surface area contributed by atoms with Gasteiger partial charge >= 0.3 is 0 Å². The molecular weight excluding hydrogens is 216 g/mol. The van der Waals surface area contributed by atoms with E-state index >= 15 is 0 Å². The fraction of sp³-hybridized carbons (Fsp3) is 0.462. The van der Waals surface area contributed by atoms with Crippen molar-refractivity contribution in [3.05, 3.63) is 29.8 Å². The van der Waals surface area contributed by atoms with Gasteiger partial charge in [0.05, 0.1) is 12.7 Å². The molecule has 1 unspecified atom stereocenters. The fourth-order valence-corrected chi connectivity index (χ4v) is 2.20. The van der Waals surface area contributed by atoms with Crippen molar-refractivity contribution < 1.29 is 9.53 Å². The van der Waals surface area contributed by atoms with Crippen LogP contribution in [0.15, 0.2) is 24.3 Å². The normalized spacial score (nSPS) is 19.4. The van der Waals surface area contributed by atoms with Gasteiger partial charge in [-0.25, -0.2) is 0 Å². The zero-order valence-corrected chi connectivity index (χ0v) is 10.1. The molecule has 1 aliphatic heterocycles. The zero-order valence-electron chi connectivity index (χ0n) is 10.1. The number of benzene rings is 1. The molecule has 0 spiro atoms. The van der Waals surface area contributed by atoms with Crippen molar-refractivity contribution >= 4 is 5.91 Å². The Morgan fingerprint density at radius 1 is 1.53 bits per heavy atom. The molecule has 1 atom stereocenters. The summed E-state index contributed by atoms with van der Waals surface area (Å²) >= 11 is 0. The lowest BCUT2D eigenvalue weighted by molar-refractivity contribution is 0.0784. The summed E-state index contributed by atoms with van der Waals surface area (Å²) < 4.78 is 5.21. The molecule has 4 heteroatoms. The van der Waals surface area contributed by atoms with Gasteiger partial charge in [0, 0.05) is 13.1 Å². The molecule has 1 heterocycles. The number of amides is 1. The monoisotopic (exact) mass is 234 g/mol. The van der Waals surface area contributed by atoms with Gasteiger partial charge in [-0.3, -0.25) is 4.79 Å². The third-order valence-corrected chi connectivity index (χ3v) is 3.24. The second-order valence-electron chi connectivity index (χ2n) is 4.34. The van der Waals surface area contributed by atoms with Gasteiger partial charge in [0.1, 0.15) is 5.75 Å². The Morgan fingerprint density at radius 2 is 2.29 bits per heavy atom. The molecule has 1 amide bonds. The van der Waals surface area contributed by atoms with Gasteiger partial charge in [0.25, 0.3) is 5.91 Å². The van der Waals surface area contributed by atoms with Crippen LogP contribution in [0.25, 0.3) is 0 Å². The van der Waals surface area contributed by atoms with Crippen LogP contribution in [-0.4, -0.2) is 37.6 Å². The lowest BCUT2D eigenvalue weighted by Crippen LogP contribution is -2.30. The third-order valence-electron chi connectivity index (χ3n) is 3.24. The molecule has 2 rings (SSSR count). The van der Waals surface area contributed by atoms with E-state index in [4.69, 9.17) is 10.5 Å². The van der Waals surface area contributed by atoms with Crippen LogP contribution in [0.4, 0.5) is 0 Å². The minimum atomic E-state index is 0.0402. The van der Waals surface area contributed by atoms with E-state index < -0.39 is 0 Å². The topological polar surface area (TPSA) is 55.6 Å². The molecule has 0 radical (unpaired) electrons. The maximum Gasteiger partial charge on any atom is 0.257 e. The first-order valence-corrected chi connectivity index (χ1v) is 5.88. The highest BCUT2D eigenvalue weighted by Gasteiger charge is 2.27. The van der Waals surface area contributed by atoms with E-state index in [0.29, 0.717) is 23.8 Å². The predicted octanol–water partition coefficient (Wildman–Crippen LogP) is 1.12. The van der Waals surface area contributed by atoms with Crippen molar-refractivity contribution in [1.29, 1.82) is 0 Å². The zero-order chi connectivity index (χ0) is 12.3. The van der Waals surface area contributed by atoms with Crippen LogP contribution < -0.4 is 10.5 Å². The first-order chi connectivity index (χ1) is 8.26. The Morgan fingerprint density at radius 3 is 2.94 bits per heavy atom. The first kappa shape index (κ1) is 11.9. The van der Waals surface area contributed by atoms with E-state index in [2.05, 4.69) is 0 Å². The van der Waals surface area contributed by atoms with Crippen molar-refractivity contribution in [1.82, 2.24) is 4.90 Å². The standard InChI is InChI=1S/C13H18N2O2/c1-17-12-5-3-2-4-11(12)13(16)15-7-6-10(8-14)9-15/h2-5,10H,6-9,14H2,1H3. The predicted molar refractivity (Wildman–Crippen MR) is 66.1 cm³/mol. The van der Waals surface area contributed by atoms with Crippen molar-refractivity contribution in [2.45, 2.75) is 6.42 Å². The van der Waals surface area contributed by atoms with Gasteiger partial charge < -0.3 is 15.4 Å². The SMILES string of the molecule is COc1ccccc1C(=O)N1CCC(CN)C1. The number of nitrogens with two attached hydrogens (primary N) is 1. The van der Waals surface area contributed by atoms with E-state index in [1.165, 1.54) is 0 Å².